The fourth-order valence-corrected chi connectivity index (χ4v) is 6.91. The first kappa shape index (κ1) is 41.8. The van der Waals surface area contributed by atoms with Gasteiger partial charge in [-0.05, 0) is 98.1 Å². The van der Waals surface area contributed by atoms with Gasteiger partial charge in [-0.1, -0.05) is 54.6 Å². The average Bonchev–Trinajstić information content (AvgIpc) is 3.60. The van der Waals surface area contributed by atoms with Crippen LogP contribution in [0.15, 0.2) is 60.7 Å². The first-order valence-electron chi connectivity index (χ1n) is 19.3. The number of imide groups is 1. The van der Waals surface area contributed by atoms with E-state index in [0.29, 0.717) is 50.2 Å². The van der Waals surface area contributed by atoms with Crippen LogP contribution >= 0.6 is 0 Å². The molecule has 0 fully saturated rings. The average molecular weight is 769 g/mol. The minimum Gasteiger partial charge on any atom is -0.493 e. The first-order chi connectivity index (χ1) is 26.5. The summed E-state index contributed by atoms with van der Waals surface area (Å²) in [7, 11) is 1.84. The Morgan fingerprint density at radius 3 is 2.14 bits per heavy atom. The van der Waals surface area contributed by atoms with Crippen molar-refractivity contribution in [1.82, 2.24) is 19.2 Å². The highest BCUT2D eigenvalue weighted by Crippen LogP contribution is 2.39. The number of carbonyl (C=O) groups is 3. The summed E-state index contributed by atoms with van der Waals surface area (Å²) in [5.74, 6) is 0.350. The van der Waals surface area contributed by atoms with Crippen LogP contribution in [-0.2, 0) is 40.8 Å². The number of ether oxygens (including phenoxy) is 4. The maximum absolute atomic E-state index is 14.0. The number of unbranched alkanes of at least 4 members (excludes halogenated alkanes) is 1. The minimum atomic E-state index is -0.819. The fraction of sp³-hybridized carbons (Fsp3) is 0.455. The first-order valence-corrected chi connectivity index (χ1v) is 19.3. The van der Waals surface area contributed by atoms with Gasteiger partial charge in [-0.3, -0.25) is 4.68 Å². The Morgan fingerprint density at radius 2 is 1.48 bits per heavy atom. The molecule has 0 aliphatic carbocycles. The van der Waals surface area contributed by atoms with Crippen LogP contribution < -0.4 is 4.74 Å². The van der Waals surface area contributed by atoms with Crippen molar-refractivity contribution in [3.63, 3.8) is 0 Å². The highest BCUT2D eigenvalue weighted by molar-refractivity contribution is 6.05. The lowest BCUT2D eigenvalue weighted by Crippen LogP contribution is -2.44. The van der Waals surface area contributed by atoms with Crippen LogP contribution in [0.1, 0.15) is 95.2 Å². The van der Waals surface area contributed by atoms with Crippen molar-refractivity contribution in [2.24, 2.45) is 7.05 Å². The van der Waals surface area contributed by atoms with Gasteiger partial charge < -0.3 is 28.6 Å². The number of aliphatic hydroxyl groups excluding tert-OH is 1. The molecule has 0 saturated heterocycles. The lowest BCUT2D eigenvalue weighted by atomic mass is 9.98. The Bertz CT molecular complexity index is 2150. The summed E-state index contributed by atoms with van der Waals surface area (Å²) in [6, 6.07) is 20.0. The lowest BCUT2D eigenvalue weighted by molar-refractivity contribution is 0.00113. The van der Waals surface area contributed by atoms with Crippen LogP contribution in [0.25, 0.3) is 32.8 Å². The van der Waals surface area contributed by atoms with Gasteiger partial charge in [-0.2, -0.15) is 5.10 Å². The number of benzene rings is 3. The smallest absolute Gasteiger partial charge is 0.419 e. The topological polar surface area (TPSA) is 134 Å². The second kappa shape index (κ2) is 17.6. The minimum absolute atomic E-state index is 0.0410. The lowest BCUT2D eigenvalue weighted by Gasteiger charge is -2.28. The molecule has 12 nitrogen and oxygen atoms in total. The van der Waals surface area contributed by atoms with E-state index in [1.54, 1.807) is 53.1 Å². The third-order valence-corrected chi connectivity index (χ3v) is 9.30. The number of hydrogen-bond donors (Lipinski definition) is 1. The number of amides is 2. The Kier molecular flexibility index (Phi) is 13.2. The number of para-hydroxylation sites is 1. The monoisotopic (exact) mass is 768 g/mol. The third-order valence-electron chi connectivity index (χ3n) is 9.30. The standard InChI is InChI=1S/C44H56N4O8/c1-10-53-40(50)39-33(23-17-27-54-36-24-15-19-30-18-11-12-20-31(30)36)32-21-16-22-34(37-29(2)46(9)45-35(37)28-49)38(32)47(39)25-13-14-26-48(41(51)55-43(3,4)5)42(52)56-44(6,7)8/h11-12,15-16,18-22,24,49H,10,13-14,17,23,25-28H2,1-9H3. The number of aromatic nitrogens is 3. The van der Waals surface area contributed by atoms with Crippen LogP contribution in [0.3, 0.4) is 0 Å². The van der Waals surface area contributed by atoms with E-state index in [9.17, 15) is 19.5 Å². The number of carbonyl (C=O) groups excluding carboxylic acids is 3. The maximum atomic E-state index is 14.0. The number of nitrogens with zero attached hydrogens (tertiary/aromatic N) is 4. The molecule has 56 heavy (non-hydrogen) atoms. The summed E-state index contributed by atoms with van der Waals surface area (Å²) in [5, 5.41) is 18.0. The van der Waals surface area contributed by atoms with E-state index < -0.39 is 29.4 Å². The summed E-state index contributed by atoms with van der Waals surface area (Å²) in [5.41, 5.74) is 3.44. The molecular weight excluding hydrogens is 713 g/mol. The van der Waals surface area contributed by atoms with Crippen LogP contribution in [0.4, 0.5) is 9.59 Å². The zero-order valence-corrected chi connectivity index (χ0v) is 34.2. The van der Waals surface area contributed by atoms with E-state index in [1.165, 1.54) is 0 Å². The van der Waals surface area contributed by atoms with Crippen LogP contribution in [0, 0.1) is 6.92 Å². The van der Waals surface area contributed by atoms with Crippen LogP contribution in [0.2, 0.25) is 0 Å². The number of aliphatic hydroxyl groups is 1. The largest absolute Gasteiger partial charge is 0.493 e. The number of rotatable bonds is 14. The molecule has 0 aliphatic rings. The molecule has 2 aromatic heterocycles. The molecule has 0 unspecified atom stereocenters. The number of aryl methyl sites for hydroxylation is 3. The molecule has 1 N–H and O–H groups in total. The van der Waals surface area contributed by atoms with Gasteiger partial charge in [0.1, 0.15) is 22.6 Å². The van der Waals surface area contributed by atoms with E-state index in [2.05, 4.69) is 17.2 Å². The molecule has 0 atom stereocenters. The van der Waals surface area contributed by atoms with E-state index >= 15 is 0 Å². The zero-order valence-electron chi connectivity index (χ0n) is 34.2. The number of hydrogen-bond acceptors (Lipinski definition) is 9. The van der Waals surface area contributed by atoms with Crippen LogP contribution in [-0.4, -0.2) is 73.5 Å². The van der Waals surface area contributed by atoms with Crippen molar-refractivity contribution in [2.75, 3.05) is 19.8 Å². The van der Waals surface area contributed by atoms with Gasteiger partial charge in [0.2, 0.25) is 0 Å². The van der Waals surface area contributed by atoms with Gasteiger partial charge in [0.15, 0.2) is 0 Å². The predicted molar refractivity (Wildman–Crippen MR) is 217 cm³/mol. The van der Waals surface area contributed by atoms with Gasteiger partial charge in [0, 0.05) is 47.7 Å². The van der Waals surface area contributed by atoms with E-state index in [-0.39, 0.29) is 19.8 Å². The summed E-state index contributed by atoms with van der Waals surface area (Å²) in [6.45, 7) is 14.9. The van der Waals surface area contributed by atoms with E-state index in [4.69, 9.17) is 18.9 Å². The van der Waals surface area contributed by atoms with E-state index in [0.717, 1.165) is 54.7 Å². The Labute approximate surface area is 329 Å². The van der Waals surface area contributed by atoms with Crippen molar-refractivity contribution >= 4 is 39.8 Å². The second-order valence-electron chi connectivity index (χ2n) is 15.8. The van der Waals surface area contributed by atoms with Crippen molar-refractivity contribution in [3.8, 4) is 16.9 Å². The second-order valence-corrected chi connectivity index (χ2v) is 15.8. The molecule has 0 radical (unpaired) electrons. The molecule has 12 heteroatoms. The molecule has 2 amide bonds. The molecule has 5 rings (SSSR count). The molecule has 300 valence electrons. The van der Waals surface area contributed by atoms with Gasteiger partial charge in [-0.15, -0.1) is 0 Å². The number of esters is 1. The van der Waals surface area contributed by atoms with Gasteiger partial charge in [0.05, 0.1) is 31.0 Å². The quantitative estimate of drug-likeness (QED) is 0.0667. The van der Waals surface area contributed by atoms with Crippen molar-refractivity contribution < 1.29 is 38.4 Å². The fourth-order valence-electron chi connectivity index (χ4n) is 6.91. The molecule has 3 aromatic carbocycles. The molecule has 0 saturated carbocycles. The predicted octanol–water partition coefficient (Wildman–Crippen LogP) is 9.14. The molecular formula is C44H56N4O8. The maximum Gasteiger partial charge on any atom is 0.419 e. The molecule has 2 heterocycles. The Morgan fingerprint density at radius 1 is 0.839 bits per heavy atom. The van der Waals surface area contributed by atoms with Gasteiger partial charge in [0.25, 0.3) is 0 Å². The van der Waals surface area contributed by atoms with Crippen molar-refractivity contribution in [3.05, 3.63) is 83.3 Å². The summed E-state index contributed by atoms with van der Waals surface area (Å²) in [6.07, 6.45) is 0.441. The highest BCUT2D eigenvalue weighted by Gasteiger charge is 2.32. The summed E-state index contributed by atoms with van der Waals surface area (Å²) >= 11 is 0. The summed E-state index contributed by atoms with van der Waals surface area (Å²) < 4.78 is 26.9. The third kappa shape index (κ3) is 9.71. The SMILES string of the molecule is CCOC(=O)c1c(CCCOc2cccc3ccccc23)c2cccc(-c3c(CO)nn(C)c3C)c2n1CCCCN(C(=O)OC(C)(C)C)C(=O)OC(C)(C)C. The molecule has 0 aliphatic heterocycles. The van der Waals surface area contributed by atoms with E-state index in [1.807, 2.05) is 67.1 Å². The van der Waals surface area contributed by atoms with Crippen molar-refractivity contribution in [2.45, 2.75) is 105 Å². The van der Waals surface area contributed by atoms with Gasteiger partial charge >= 0.3 is 18.2 Å². The molecule has 0 bridgehead atoms. The van der Waals surface area contributed by atoms with Crippen molar-refractivity contribution in [1.29, 1.82) is 0 Å². The highest BCUT2D eigenvalue weighted by atomic mass is 16.6. The zero-order chi connectivity index (χ0) is 40.8. The van der Waals surface area contributed by atoms with Gasteiger partial charge in [-0.25, -0.2) is 19.3 Å². The number of fused-ring (bicyclic) bond motifs is 2. The van der Waals surface area contributed by atoms with Crippen LogP contribution in [0.5, 0.6) is 5.75 Å². The summed E-state index contributed by atoms with van der Waals surface area (Å²) in [4.78, 5) is 41.5. The molecule has 0 spiro atoms. The Balaban J connectivity index is 1.52. The normalized spacial score (nSPS) is 11.9. The Hall–Kier alpha value is -5.36. The molecule has 5 aromatic rings.